The van der Waals surface area contributed by atoms with Gasteiger partial charge in [-0.25, -0.2) is 4.98 Å². The minimum absolute atomic E-state index is 0.745. The fourth-order valence-corrected chi connectivity index (χ4v) is 2.62. The minimum atomic E-state index is 0.745. The summed E-state index contributed by atoms with van der Waals surface area (Å²) in [5.41, 5.74) is 0.954. The van der Waals surface area contributed by atoms with Crippen molar-refractivity contribution in [2.75, 3.05) is 44.2 Å². The topological polar surface area (TPSA) is 31.4 Å². The third-order valence-electron chi connectivity index (χ3n) is 3.77. The molecule has 2 heterocycles. The first-order chi connectivity index (χ1) is 9.74. The Morgan fingerprint density at radius 3 is 2.60 bits per heavy atom. The lowest BCUT2D eigenvalue weighted by atomic mass is 10.3. The van der Waals surface area contributed by atoms with E-state index in [9.17, 15) is 0 Å². The molecule has 5 heteroatoms. The maximum Gasteiger partial charge on any atom is 0.129 e. The van der Waals surface area contributed by atoms with Crippen LogP contribution in [0.5, 0.6) is 0 Å². The van der Waals surface area contributed by atoms with Crippen LogP contribution in [-0.4, -0.2) is 49.2 Å². The summed E-state index contributed by atoms with van der Waals surface area (Å²) in [5, 5.41) is 4.12. The average Bonchev–Trinajstić information content (AvgIpc) is 2.49. The lowest BCUT2D eigenvalue weighted by Crippen LogP contribution is -2.46. The Kier molecular flexibility index (Phi) is 6.07. The molecular weight excluding hydrogens is 272 g/mol. The summed E-state index contributed by atoms with van der Waals surface area (Å²) < 4.78 is 0. The molecule has 0 saturated carbocycles. The molecule has 2 rings (SSSR count). The maximum atomic E-state index is 6.23. The molecule has 0 amide bonds. The van der Waals surface area contributed by atoms with Crippen molar-refractivity contribution in [1.29, 1.82) is 0 Å². The van der Waals surface area contributed by atoms with Crippen molar-refractivity contribution in [3.8, 4) is 0 Å². The van der Waals surface area contributed by atoms with E-state index in [1.54, 1.807) is 0 Å². The zero-order valence-electron chi connectivity index (χ0n) is 12.5. The van der Waals surface area contributed by atoms with Gasteiger partial charge in [0.1, 0.15) is 5.82 Å². The van der Waals surface area contributed by atoms with Crippen molar-refractivity contribution in [2.45, 2.75) is 26.8 Å². The smallest absolute Gasteiger partial charge is 0.129 e. The number of hydrogen-bond acceptors (Lipinski definition) is 4. The van der Waals surface area contributed by atoms with Crippen LogP contribution in [0.2, 0.25) is 5.02 Å². The molecule has 0 atom stereocenters. The Morgan fingerprint density at radius 2 is 1.95 bits per heavy atom. The molecule has 1 fully saturated rings. The number of halogens is 1. The number of rotatable bonds is 6. The molecule has 20 heavy (non-hydrogen) atoms. The Labute approximate surface area is 127 Å². The van der Waals surface area contributed by atoms with Crippen LogP contribution in [0.1, 0.15) is 26.0 Å². The number of piperazine rings is 1. The van der Waals surface area contributed by atoms with Gasteiger partial charge in [0.05, 0.1) is 10.7 Å². The van der Waals surface area contributed by atoms with E-state index in [4.69, 9.17) is 16.6 Å². The molecule has 112 valence electrons. The second-order valence-corrected chi connectivity index (χ2v) is 5.60. The molecule has 0 aliphatic carbocycles. The first-order valence-electron chi connectivity index (χ1n) is 7.58. The molecule has 0 radical (unpaired) electrons. The zero-order valence-corrected chi connectivity index (χ0v) is 13.3. The van der Waals surface area contributed by atoms with E-state index in [2.05, 4.69) is 29.0 Å². The lowest BCUT2D eigenvalue weighted by molar-refractivity contribution is 0.270. The van der Waals surface area contributed by atoms with E-state index in [0.717, 1.165) is 68.8 Å². The van der Waals surface area contributed by atoms with Gasteiger partial charge in [0.15, 0.2) is 0 Å². The van der Waals surface area contributed by atoms with Crippen LogP contribution >= 0.6 is 11.6 Å². The van der Waals surface area contributed by atoms with Gasteiger partial charge in [0, 0.05) is 32.7 Å². The predicted molar refractivity (Wildman–Crippen MR) is 85.6 cm³/mol. The Bertz CT molecular complexity index is 416. The molecule has 1 aliphatic rings. The number of pyridine rings is 1. The van der Waals surface area contributed by atoms with Crippen molar-refractivity contribution in [3.63, 3.8) is 0 Å². The van der Waals surface area contributed by atoms with Crippen molar-refractivity contribution >= 4 is 17.4 Å². The fourth-order valence-electron chi connectivity index (χ4n) is 2.45. The Morgan fingerprint density at radius 1 is 1.20 bits per heavy atom. The largest absolute Gasteiger partial charge is 0.354 e. The molecule has 1 aromatic rings. The SMILES string of the molecule is CCCNCc1nc(N2CCN(CC)CC2)ccc1Cl. The number of hydrogen-bond donors (Lipinski definition) is 1. The van der Waals surface area contributed by atoms with Crippen LogP contribution < -0.4 is 10.2 Å². The summed E-state index contributed by atoms with van der Waals surface area (Å²) in [6.07, 6.45) is 1.12. The van der Waals surface area contributed by atoms with E-state index in [1.807, 2.05) is 12.1 Å². The van der Waals surface area contributed by atoms with Crippen LogP contribution in [0, 0.1) is 0 Å². The molecule has 1 aliphatic heterocycles. The normalized spacial score (nSPS) is 16.6. The van der Waals surface area contributed by atoms with Crippen LogP contribution in [-0.2, 0) is 6.54 Å². The second kappa shape index (κ2) is 7.81. The number of likely N-dealkylation sites (N-methyl/N-ethyl adjacent to an activating group) is 1. The number of nitrogens with zero attached hydrogens (tertiary/aromatic N) is 3. The van der Waals surface area contributed by atoms with Gasteiger partial charge in [-0.3, -0.25) is 0 Å². The van der Waals surface area contributed by atoms with Crippen LogP contribution in [0.25, 0.3) is 0 Å². The summed E-state index contributed by atoms with van der Waals surface area (Å²) in [5.74, 6) is 1.05. The minimum Gasteiger partial charge on any atom is -0.354 e. The predicted octanol–water partition coefficient (Wildman–Crippen LogP) is 2.38. The second-order valence-electron chi connectivity index (χ2n) is 5.20. The van der Waals surface area contributed by atoms with Crippen molar-refractivity contribution in [2.24, 2.45) is 0 Å². The zero-order chi connectivity index (χ0) is 14.4. The van der Waals surface area contributed by atoms with Crippen LogP contribution in [0.4, 0.5) is 5.82 Å². The first-order valence-corrected chi connectivity index (χ1v) is 7.95. The molecule has 1 N–H and O–H groups in total. The molecule has 4 nitrogen and oxygen atoms in total. The third-order valence-corrected chi connectivity index (χ3v) is 4.11. The maximum absolute atomic E-state index is 6.23. The summed E-state index contributed by atoms with van der Waals surface area (Å²) >= 11 is 6.23. The highest BCUT2D eigenvalue weighted by Crippen LogP contribution is 2.20. The van der Waals surface area contributed by atoms with E-state index in [0.29, 0.717) is 0 Å². The highest BCUT2D eigenvalue weighted by Gasteiger charge is 2.17. The fraction of sp³-hybridized carbons (Fsp3) is 0.667. The summed E-state index contributed by atoms with van der Waals surface area (Å²) in [7, 11) is 0. The highest BCUT2D eigenvalue weighted by atomic mass is 35.5. The monoisotopic (exact) mass is 296 g/mol. The Hall–Kier alpha value is -0.840. The lowest BCUT2D eigenvalue weighted by Gasteiger charge is -2.35. The standard InChI is InChI=1S/C15H25ClN4/c1-3-7-17-12-14-13(16)5-6-15(18-14)20-10-8-19(4-2)9-11-20/h5-6,17H,3-4,7-12H2,1-2H3. The summed E-state index contributed by atoms with van der Waals surface area (Å²) in [4.78, 5) is 9.55. The van der Waals surface area contributed by atoms with Gasteiger partial charge in [-0.1, -0.05) is 25.4 Å². The summed E-state index contributed by atoms with van der Waals surface area (Å²) in [6.45, 7) is 11.6. The third kappa shape index (κ3) is 4.08. The Balaban J connectivity index is 1.99. The van der Waals surface area contributed by atoms with E-state index in [1.165, 1.54) is 0 Å². The molecule has 0 unspecified atom stereocenters. The average molecular weight is 297 g/mol. The van der Waals surface area contributed by atoms with E-state index >= 15 is 0 Å². The number of anilines is 1. The van der Waals surface area contributed by atoms with Gasteiger partial charge >= 0.3 is 0 Å². The number of nitrogens with one attached hydrogen (secondary N) is 1. The highest BCUT2D eigenvalue weighted by molar-refractivity contribution is 6.31. The van der Waals surface area contributed by atoms with Gasteiger partial charge in [0.2, 0.25) is 0 Å². The first kappa shape index (κ1) is 15.5. The molecule has 0 bridgehead atoms. The quantitative estimate of drug-likeness (QED) is 0.817. The molecule has 1 saturated heterocycles. The van der Waals surface area contributed by atoms with Crippen LogP contribution in [0.3, 0.4) is 0 Å². The summed E-state index contributed by atoms with van der Waals surface area (Å²) in [6, 6.07) is 4.01. The van der Waals surface area contributed by atoms with Gasteiger partial charge in [-0.2, -0.15) is 0 Å². The van der Waals surface area contributed by atoms with E-state index in [-0.39, 0.29) is 0 Å². The van der Waals surface area contributed by atoms with Gasteiger partial charge in [-0.15, -0.1) is 0 Å². The molecule has 0 spiro atoms. The van der Waals surface area contributed by atoms with Crippen molar-refractivity contribution in [1.82, 2.24) is 15.2 Å². The van der Waals surface area contributed by atoms with Crippen molar-refractivity contribution in [3.05, 3.63) is 22.8 Å². The molecule has 1 aromatic heterocycles. The van der Waals surface area contributed by atoms with Crippen molar-refractivity contribution < 1.29 is 0 Å². The molecular formula is C15H25ClN4. The van der Waals surface area contributed by atoms with Gasteiger partial charge in [-0.05, 0) is 31.6 Å². The van der Waals surface area contributed by atoms with Gasteiger partial charge < -0.3 is 15.1 Å². The number of aromatic nitrogens is 1. The molecule has 0 aromatic carbocycles. The van der Waals surface area contributed by atoms with Gasteiger partial charge in [0.25, 0.3) is 0 Å². The van der Waals surface area contributed by atoms with E-state index < -0.39 is 0 Å². The van der Waals surface area contributed by atoms with Crippen LogP contribution in [0.15, 0.2) is 12.1 Å².